The molecule has 1 N–H and O–H groups in total. The zero-order valence-electron chi connectivity index (χ0n) is 8.92. The van der Waals surface area contributed by atoms with E-state index in [-0.39, 0.29) is 5.75 Å². The Morgan fingerprint density at radius 1 is 1.33 bits per heavy atom. The highest BCUT2D eigenvalue weighted by molar-refractivity contribution is 7.94. The molecule has 3 nitrogen and oxygen atoms in total. The molecule has 1 heterocycles. The van der Waals surface area contributed by atoms with Gasteiger partial charge in [-0.05, 0) is 13.8 Å². The molecule has 0 amide bonds. The zero-order valence-corrected chi connectivity index (χ0v) is 9.74. The lowest BCUT2D eigenvalue weighted by atomic mass is 9.88. The molecule has 0 aromatic carbocycles. The van der Waals surface area contributed by atoms with Crippen LogP contribution in [0.3, 0.4) is 0 Å². The second-order valence-electron chi connectivity index (χ2n) is 3.65. The summed E-state index contributed by atoms with van der Waals surface area (Å²) in [6.45, 7) is 3.59. The van der Waals surface area contributed by atoms with Crippen LogP contribution in [-0.4, -0.2) is 24.9 Å². The lowest BCUT2D eigenvalue weighted by Crippen LogP contribution is -2.34. The van der Waals surface area contributed by atoms with Gasteiger partial charge in [0, 0.05) is 11.3 Å². The number of hydrogen-bond donors (Lipinski definition) is 1. The van der Waals surface area contributed by atoms with E-state index in [0.29, 0.717) is 0 Å². The standard InChI is InChI=1S/C11H16O3S/c1-3-6-11(12,7-4-2)10-5-8-15(13,14)9-10/h3-8,10,12H,9H2,1-2H3. The van der Waals surface area contributed by atoms with E-state index in [1.165, 1.54) is 5.41 Å². The molecule has 84 valence electrons. The molecule has 0 saturated carbocycles. The van der Waals surface area contributed by atoms with Crippen LogP contribution in [0.2, 0.25) is 0 Å². The quantitative estimate of drug-likeness (QED) is 0.743. The van der Waals surface area contributed by atoms with E-state index in [2.05, 4.69) is 0 Å². The van der Waals surface area contributed by atoms with Crippen LogP contribution >= 0.6 is 0 Å². The second kappa shape index (κ2) is 4.33. The third kappa shape index (κ3) is 2.79. The first kappa shape index (κ1) is 12.2. The normalized spacial score (nSPS) is 28.9. The molecule has 0 aromatic heterocycles. The molecule has 0 aromatic rings. The number of sulfone groups is 1. The van der Waals surface area contributed by atoms with Crippen LogP contribution in [0, 0.1) is 5.92 Å². The predicted octanol–water partition coefficient (Wildman–Crippen LogP) is 1.43. The van der Waals surface area contributed by atoms with Gasteiger partial charge in [-0.15, -0.1) is 0 Å². The molecule has 1 aliphatic rings. The van der Waals surface area contributed by atoms with Gasteiger partial charge in [-0.1, -0.05) is 30.4 Å². The molecule has 0 bridgehead atoms. The first-order chi connectivity index (χ1) is 6.93. The smallest absolute Gasteiger partial charge is 0.172 e. The molecule has 1 unspecified atom stereocenters. The Labute approximate surface area is 90.7 Å². The molecular weight excluding hydrogens is 212 g/mol. The van der Waals surface area contributed by atoms with Crippen molar-refractivity contribution in [3.05, 3.63) is 35.8 Å². The van der Waals surface area contributed by atoms with Crippen LogP contribution in [0.25, 0.3) is 0 Å². The number of hydrogen-bond acceptors (Lipinski definition) is 3. The Balaban J connectivity index is 2.99. The SMILES string of the molecule is CC=CC(O)(C=CC)C1C=CS(=O)(=O)C1. The summed E-state index contributed by atoms with van der Waals surface area (Å²) in [7, 11) is -3.12. The van der Waals surface area contributed by atoms with Crippen molar-refractivity contribution in [2.75, 3.05) is 5.75 Å². The Hall–Kier alpha value is -0.870. The summed E-state index contributed by atoms with van der Waals surface area (Å²) < 4.78 is 22.5. The van der Waals surface area contributed by atoms with Gasteiger partial charge in [0.1, 0.15) is 5.60 Å². The second-order valence-corrected chi connectivity index (χ2v) is 5.58. The van der Waals surface area contributed by atoms with Crippen molar-refractivity contribution >= 4 is 9.84 Å². The van der Waals surface area contributed by atoms with Crippen molar-refractivity contribution in [3.63, 3.8) is 0 Å². The molecule has 4 heteroatoms. The molecule has 0 spiro atoms. The number of allylic oxidation sites excluding steroid dienone is 2. The molecule has 1 aliphatic heterocycles. The maximum Gasteiger partial charge on any atom is 0.172 e. The molecule has 15 heavy (non-hydrogen) atoms. The molecule has 0 saturated heterocycles. The summed E-state index contributed by atoms with van der Waals surface area (Å²) in [6.07, 6.45) is 8.22. The molecule has 1 atom stereocenters. The topological polar surface area (TPSA) is 54.4 Å². The number of rotatable bonds is 3. The fraction of sp³-hybridized carbons (Fsp3) is 0.455. The van der Waals surface area contributed by atoms with Gasteiger partial charge in [-0.2, -0.15) is 0 Å². The highest BCUT2D eigenvalue weighted by Crippen LogP contribution is 2.29. The summed E-state index contributed by atoms with van der Waals surface area (Å²) in [5, 5.41) is 11.4. The highest BCUT2D eigenvalue weighted by atomic mass is 32.2. The largest absolute Gasteiger partial charge is 0.381 e. The van der Waals surface area contributed by atoms with E-state index in [0.717, 1.165) is 0 Å². The third-order valence-corrected chi connectivity index (χ3v) is 3.79. The van der Waals surface area contributed by atoms with Crippen LogP contribution in [0.5, 0.6) is 0 Å². The summed E-state index contributed by atoms with van der Waals surface area (Å²) in [4.78, 5) is 0. The van der Waals surface area contributed by atoms with E-state index < -0.39 is 21.4 Å². The predicted molar refractivity (Wildman–Crippen MR) is 61.0 cm³/mol. The maximum atomic E-state index is 11.3. The average molecular weight is 228 g/mol. The molecular formula is C11H16O3S. The molecule has 1 rings (SSSR count). The fourth-order valence-electron chi connectivity index (χ4n) is 1.70. The van der Waals surface area contributed by atoms with Gasteiger partial charge in [0.25, 0.3) is 0 Å². The van der Waals surface area contributed by atoms with Gasteiger partial charge in [0.05, 0.1) is 5.75 Å². The average Bonchev–Trinajstić information content (AvgIpc) is 2.47. The van der Waals surface area contributed by atoms with Crippen molar-refractivity contribution in [2.24, 2.45) is 5.92 Å². The van der Waals surface area contributed by atoms with Crippen molar-refractivity contribution in [3.8, 4) is 0 Å². The van der Waals surface area contributed by atoms with Gasteiger partial charge in [0.15, 0.2) is 9.84 Å². The van der Waals surface area contributed by atoms with E-state index in [4.69, 9.17) is 0 Å². The van der Waals surface area contributed by atoms with Crippen LogP contribution in [0.1, 0.15) is 13.8 Å². The van der Waals surface area contributed by atoms with Crippen LogP contribution in [0.15, 0.2) is 35.8 Å². The van der Waals surface area contributed by atoms with Crippen molar-refractivity contribution < 1.29 is 13.5 Å². The van der Waals surface area contributed by atoms with Crippen molar-refractivity contribution in [2.45, 2.75) is 19.4 Å². The fourth-order valence-corrected chi connectivity index (χ4v) is 3.12. The first-order valence-corrected chi connectivity index (χ1v) is 6.56. The first-order valence-electron chi connectivity index (χ1n) is 4.84. The van der Waals surface area contributed by atoms with Gasteiger partial charge >= 0.3 is 0 Å². The van der Waals surface area contributed by atoms with Crippen molar-refractivity contribution in [1.82, 2.24) is 0 Å². The van der Waals surface area contributed by atoms with Crippen LogP contribution < -0.4 is 0 Å². The van der Waals surface area contributed by atoms with E-state index in [1.807, 2.05) is 0 Å². The summed E-state index contributed by atoms with van der Waals surface area (Å²) in [5.74, 6) is -0.423. The van der Waals surface area contributed by atoms with Gasteiger partial charge in [-0.3, -0.25) is 0 Å². The van der Waals surface area contributed by atoms with E-state index >= 15 is 0 Å². The minimum absolute atomic E-state index is 0.0296. The third-order valence-electron chi connectivity index (χ3n) is 2.39. The van der Waals surface area contributed by atoms with Crippen LogP contribution in [-0.2, 0) is 9.84 Å². The molecule has 0 fully saturated rings. The Morgan fingerprint density at radius 2 is 1.87 bits per heavy atom. The van der Waals surface area contributed by atoms with Crippen LogP contribution in [0.4, 0.5) is 0 Å². The molecule has 0 aliphatic carbocycles. The van der Waals surface area contributed by atoms with Gasteiger partial charge in [-0.25, -0.2) is 8.42 Å². The maximum absolute atomic E-state index is 11.3. The highest BCUT2D eigenvalue weighted by Gasteiger charge is 2.36. The van der Waals surface area contributed by atoms with Gasteiger partial charge in [0.2, 0.25) is 0 Å². The minimum atomic E-state index is -3.12. The lowest BCUT2D eigenvalue weighted by Gasteiger charge is -2.26. The minimum Gasteiger partial charge on any atom is -0.381 e. The lowest BCUT2D eigenvalue weighted by molar-refractivity contribution is 0.107. The van der Waals surface area contributed by atoms with Gasteiger partial charge < -0.3 is 5.11 Å². The van der Waals surface area contributed by atoms with E-state index in [9.17, 15) is 13.5 Å². The van der Waals surface area contributed by atoms with Crippen molar-refractivity contribution in [1.29, 1.82) is 0 Å². The summed E-state index contributed by atoms with van der Waals surface area (Å²) in [5.41, 5.74) is -1.19. The Bertz CT molecular complexity index is 390. The summed E-state index contributed by atoms with van der Waals surface area (Å²) in [6, 6.07) is 0. The molecule has 0 radical (unpaired) electrons. The monoisotopic (exact) mass is 228 g/mol. The Kier molecular flexibility index (Phi) is 3.52. The number of aliphatic hydroxyl groups is 1. The Morgan fingerprint density at radius 3 is 2.20 bits per heavy atom. The van der Waals surface area contributed by atoms with E-state index in [1.54, 1.807) is 44.2 Å². The summed E-state index contributed by atoms with van der Waals surface area (Å²) >= 11 is 0. The zero-order chi connectivity index (χ0) is 11.5.